The zero-order chi connectivity index (χ0) is 14.8. The van der Waals surface area contributed by atoms with Gasteiger partial charge in [-0.05, 0) is 63.3 Å². The van der Waals surface area contributed by atoms with E-state index in [2.05, 4.69) is 26.7 Å². The van der Waals surface area contributed by atoms with E-state index in [1.54, 1.807) is 6.07 Å². The molecular formula is C8H10N2O2S7. The smallest absolute Gasteiger partial charge is 0.412 e. The van der Waals surface area contributed by atoms with Gasteiger partial charge in [-0.2, -0.15) is 0 Å². The van der Waals surface area contributed by atoms with Gasteiger partial charge in [-0.3, -0.25) is 5.32 Å². The van der Waals surface area contributed by atoms with Gasteiger partial charge in [0.2, 0.25) is 0 Å². The summed E-state index contributed by atoms with van der Waals surface area (Å²) in [5.74, 6) is 0.297. The zero-order valence-corrected chi connectivity index (χ0v) is 15.6. The third-order valence-corrected chi connectivity index (χ3v) is 6.42. The van der Waals surface area contributed by atoms with Crippen molar-refractivity contribution in [3.05, 3.63) is 11.6 Å². The van der Waals surface area contributed by atoms with Gasteiger partial charge in [0, 0.05) is 11.1 Å². The maximum Gasteiger partial charge on any atom is 0.412 e. The molecule has 0 atom stereocenters. The number of methoxy groups -OCH3 is 1. The molecular weight excluding hydrogens is 381 g/mol. The molecule has 1 N–H and O–H groups in total. The van der Waals surface area contributed by atoms with Crippen molar-refractivity contribution in [1.29, 1.82) is 0 Å². The number of aryl methyl sites for hydroxylation is 1. The molecule has 0 fully saturated rings. The molecule has 106 valence electrons. The van der Waals surface area contributed by atoms with Crippen molar-refractivity contribution in [1.82, 2.24) is 4.98 Å². The molecule has 0 unspecified atom stereocenters. The van der Waals surface area contributed by atoms with Gasteiger partial charge in [0.25, 0.3) is 0 Å². The second kappa shape index (κ2) is 6.87. The summed E-state index contributed by atoms with van der Waals surface area (Å²) in [6.07, 6.45) is -2.85. The quantitative estimate of drug-likeness (QED) is 0.534. The number of hydrogen-bond donors (Lipinski definition) is 3. The van der Waals surface area contributed by atoms with Gasteiger partial charge >= 0.3 is 6.09 Å². The second-order valence-corrected chi connectivity index (χ2v) is 15.3. The lowest BCUT2D eigenvalue weighted by Crippen LogP contribution is -2.14. The normalized spacial score (nSPS) is 11.4. The van der Waals surface area contributed by atoms with E-state index in [-0.39, 0.29) is 0 Å². The Kier molecular flexibility index (Phi) is 6.29. The number of hydrogen-bond acceptors (Lipinski definition) is 7. The number of rotatable bonds is 3. The van der Waals surface area contributed by atoms with Gasteiger partial charge in [-0.15, -0.1) is 0 Å². The van der Waals surface area contributed by atoms with Gasteiger partial charge < -0.3 is 4.74 Å². The van der Waals surface area contributed by atoms with Crippen LogP contribution in [0.1, 0.15) is 5.56 Å². The molecule has 19 heavy (non-hydrogen) atoms. The highest BCUT2D eigenvalue weighted by Gasteiger charge is 2.15. The fraction of sp³-hybridized carbons (Fsp3) is 0.250. The van der Waals surface area contributed by atoms with Crippen molar-refractivity contribution in [2.24, 2.45) is 0 Å². The number of carbonyl (C=O) groups is 1. The third-order valence-electron chi connectivity index (χ3n) is 1.99. The monoisotopic (exact) mass is 390 g/mol. The van der Waals surface area contributed by atoms with Crippen molar-refractivity contribution < 1.29 is 9.53 Å². The standard InChI is InChI=1S/C8H10N2O2S7/c1-4-3-5(10-8(11)12-2)9-7(19(15,16)17)6(4)18(13)14/h3,18H,1-2H3,(H,9,10,11)(H,15,16,17). The number of anilines is 1. The summed E-state index contributed by atoms with van der Waals surface area (Å²) < 4.78 is 4.51. The van der Waals surface area contributed by atoms with Crippen LogP contribution in [-0.4, -0.2) is 18.2 Å². The Morgan fingerprint density at radius 1 is 1.53 bits per heavy atom. The predicted octanol–water partition coefficient (Wildman–Crippen LogP) is 1.48. The van der Waals surface area contributed by atoms with Crippen LogP contribution >= 0.6 is 11.7 Å². The van der Waals surface area contributed by atoms with E-state index in [0.717, 1.165) is 5.56 Å². The van der Waals surface area contributed by atoms with E-state index in [0.29, 0.717) is 15.7 Å². The van der Waals surface area contributed by atoms with Crippen molar-refractivity contribution in [2.45, 2.75) is 16.8 Å². The van der Waals surface area contributed by atoms with Gasteiger partial charge in [0.05, 0.1) is 7.11 Å². The largest absolute Gasteiger partial charge is 0.453 e. The molecule has 0 aliphatic carbocycles. The van der Waals surface area contributed by atoms with E-state index in [1.807, 2.05) is 6.92 Å². The number of nitrogens with one attached hydrogen (secondary N) is 1. The van der Waals surface area contributed by atoms with E-state index in [9.17, 15) is 4.79 Å². The van der Waals surface area contributed by atoms with Gasteiger partial charge in [-0.1, -0.05) is 19.7 Å². The summed E-state index contributed by atoms with van der Waals surface area (Å²) in [6.45, 7) is 1.82. The first-order valence-electron chi connectivity index (χ1n) is 4.65. The highest BCUT2D eigenvalue weighted by Crippen LogP contribution is 2.26. The number of aromatic nitrogens is 1. The molecule has 0 bridgehead atoms. The molecule has 4 nitrogen and oxygen atoms in total. The number of carbonyl (C=O) groups excluding carboxylic acids is 1. The Balaban J connectivity index is 3.53. The lowest BCUT2D eigenvalue weighted by Gasteiger charge is -2.13. The van der Waals surface area contributed by atoms with Crippen LogP contribution in [0.25, 0.3) is 0 Å². The minimum atomic E-state index is -2.23. The first-order valence-corrected chi connectivity index (χ1v) is 12.6. The predicted molar refractivity (Wildman–Crippen MR) is 96.1 cm³/mol. The van der Waals surface area contributed by atoms with Crippen molar-refractivity contribution in [3.8, 4) is 0 Å². The summed E-state index contributed by atoms with van der Waals surface area (Å²) in [4.78, 5) is 16.1. The first-order chi connectivity index (χ1) is 8.66. The van der Waals surface area contributed by atoms with Crippen LogP contribution in [-0.2, 0) is 63.7 Å². The summed E-state index contributed by atoms with van der Waals surface area (Å²) >= 11 is 24.9. The van der Waals surface area contributed by atoms with Crippen molar-refractivity contribution >= 4 is 82.5 Å². The summed E-state index contributed by atoms with van der Waals surface area (Å²) in [7, 11) is 0.0224. The molecule has 1 amide bonds. The Hall–Kier alpha value is 0.350. The Bertz CT molecular complexity index is 685. The van der Waals surface area contributed by atoms with Gasteiger partial charge in [0.1, 0.15) is 10.8 Å². The van der Waals surface area contributed by atoms with Crippen LogP contribution in [0.5, 0.6) is 0 Å². The average molecular weight is 391 g/mol. The Labute approximate surface area is 137 Å². The summed E-state index contributed by atoms with van der Waals surface area (Å²) in [6, 6.07) is 1.66. The average Bonchev–Trinajstić information content (AvgIpc) is 2.26. The Morgan fingerprint density at radius 3 is 2.53 bits per heavy atom. The van der Waals surface area contributed by atoms with E-state index < -0.39 is 20.3 Å². The SMILES string of the molecule is COC(=O)Nc1cc(C)c([SH](=S)=S)c(S(=S)(=S)S)n1. The molecule has 0 aliphatic heterocycles. The molecule has 0 spiro atoms. The molecule has 0 aliphatic rings. The number of thiol groups is 2. The van der Waals surface area contributed by atoms with Crippen molar-refractivity contribution in [3.63, 3.8) is 0 Å². The second-order valence-electron chi connectivity index (χ2n) is 3.33. The number of nitrogens with zero attached hydrogens (tertiary/aromatic N) is 1. The summed E-state index contributed by atoms with van der Waals surface area (Å²) in [5.41, 5.74) is 0.799. The molecule has 1 aromatic rings. The van der Waals surface area contributed by atoms with E-state index in [4.69, 9.17) is 44.8 Å². The van der Waals surface area contributed by atoms with Crippen LogP contribution in [0.15, 0.2) is 16.0 Å². The van der Waals surface area contributed by atoms with Gasteiger partial charge in [-0.25, -0.2) is 9.78 Å². The molecule has 1 heterocycles. The molecule has 0 saturated heterocycles. The molecule has 0 saturated carbocycles. The first kappa shape index (κ1) is 17.4. The van der Waals surface area contributed by atoms with Crippen LogP contribution in [0.2, 0.25) is 0 Å². The highest BCUT2D eigenvalue weighted by molar-refractivity contribution is 8.92. The van der Waals surface area contributed by atoms with Crippen LogP contribution in [0, 0.1) is 6.92 Å². The molecule has 11 heteroatoms. The number of pyridine rings is 1. The topological polar surface area (TPSA) is 51.2 Å². The Morgan fingerprint density at radius 2 is 2.11 bits per heavy atom. The molecule has 0 radical (unpaired) electrons. The minimum Gasteiger partial charge on any atom is -0.453 e. The van der Waals surface area contributed by atoms with Crippen LogP contribution in [0.3, 0.4) is 0 Å². The molecule has 1 rings (SSSR count). The lowest BCUT2D eigenvalue weighted by atomic mass is 10.3. The number of amides is 1. The van der Waals surface area contributed by atoms with Gasteiger partial charge in [0.15, 0.2) is 0 Å². The maximum atomic E-state index is 11.2. The van der Waals surface area contributed by atoms with E-state index in [1.165, 1.54) is 7.11 Å². The maximum absolute atomic E-state index is 11.2. The fourth-order valence-electron chi connectivity index (χ4n) is 1.26. The minimum absolute atomic E-state index is 0.297. The zero-order valence-electron chi connectivity index (χ0n) is 9.78. The van der Waals surface area contributed by atoms with Crippen LogP contribution in [0.4, 0.5) is 10.6 Å². The van der Waals surface area contributed by atoms with Crippen molar-refractivity contribution in [2.75, 3.05) is 12.4 Å². The fourth-order valence-corrected chi connectivity index (χ4v) is 6.56. The summed E-state index contributed by atoms with van der Waals surface area (Å²) in [5, 5.41) is 2.88. The number of ether oxygens (including phenoxy) is 1. The van der Waals surface area contributed by atoms with E-state index >= 15 is 0 Å². The lowest BCUT2D eigenvalue weighted by molar-refractivity contribution is 0.187. The highest BCUT2D eigenvalue weighted by atomic mass is 33.5. The molecule has 0 aromatic carbocycles. The van der Waals surface area contributed by atoms with Crippen LogP contribution < -0.4 is 5.32 Å². The third kappa shape index (κ3) is 4.69. The molecule has 1 aromatic heterocycles.